The van der Waals surface area contributed by atoms with Gasteiger partial charge in [0.2, 0.25) is 5.91 Å². The van der Waals surface area contributed by atoms with E-state index >= 15 is 0 Å². The van der Waals surface area contributed by atoms with Crippen LogP contribution in [-0.4, -0.2) is 10.5 Å². The largest absolute Gasteiger partial charge is 0.459 e. The van der Waals surface area contributed by atoms with E-state index in [1.54, 1.807) is 12.1 Å². The summed E-state index contributed by atoms with van der Waals surface area (Å²) in [5.41, 5.74) is 3.12. The van der Waals surface area contributed by atoms with Crippen LogP contribution in [-0.2, 0) is 11.3 Å². The van der Waals surface area contributed by atoms with Crippen LogP contribution in [0.15, 0.2) is 118 Å². The lowest BCUT2D eigenvalue weighted by Crippen LogP contribution is -2.32. The van der Waals surface area contributed by atoms with Crippen molar-refractivity contribution in [2.24, 2.45) is 0 Å². The highest BCUT2D eigenvalue weighted by molar-refractivity contribution is 5.95. The normalized spacial score (nSPS) is 12.2. The van der Waals surface area contributed by atoms with Gasteiger partial charge in [0.15, 0.2) is 5.43 Å². The van der Waals surface area contributed by atoms with Crippen LogP contribution in [0, 0.1) is 0 Å². The molecular weight excluding hydrogens is 436 g/mol. The van der Waals surface area contributed by atoms with E-state index in [1.165, 1.54) is 0 Å². The van der Waals surface area contributed by atoms with Gasteiger partial charge >= 0.3 is 0 Å². The smallest absolute Gasteiger partial charge is 0.240 e. The van der Waals surface area contributed by atoms with Crippen LogP contribution in [0.25, 0.3) is 32.8 Å². The third-order valence-corrected chi connectivity index (χ3v) is 6.35. The lowest BCUT2D eigenvalue weighted by molar-refractivity contribution is -0.122. The number of amides is 1. The van der Waals surface area contributed by atoms with E-state index in [1.807, 2.05) is 102 Å². The van der Waals surface area contributed by atoms with Gasteiger partial charge < -0.3 is 14.3 Å². The van der Waals surface area contributed by atoms with Crippen LogP contribution < -0.4 is 10.7 Å². The van der Waals surface area contributed by atoms with Crippen LogP contribution in [0.4, 0.5) is 0 Å². The minimum Gasteiger partial charge on any atom is -0.459 e. The fourth-order valence-corrected chi connectivity index (χ4v) is 4.71. The number of nitrogens with zero attached hydrogens (tertiary/aromatic N) is 1. The van der Waals surface area contributed by atoms with Crippen LogP contribution in [0.5, 0.6) is 0 Å². The third-order valence-electron chi connectivity index (χ3n) is 6.35. The Morgan fingerprint density at radius 2 is 1.37 bits per heavy atom. The predicted molar refractivity (Wildman–Crippen MR) is 138 cm³/mol. The van der Waals surface area contributed by atoms with E-state index < -0.39 is 6.04 Å². The van der Waals surface area contributed by atoms with E-state index in [4.69, 9.17) is 4.42 Å². The first-order valence-corrected chi connectivity index (χ1v) is 11.5. The second-order valence-electron chi connectivity index (χ2n) is 8.55. The number of rotatable bonds is 5. The van der Waals surface area contributed by atoms with Crippen molar-refractivity contribution in [3.05, 3.63) is 131 Å². The molecule has 1 amide bonds. The molecule has 0 fully saturated rings. The maximum absolute atomic E-state index is 13.5. The van der Waals surface area contributed by atoms with Gasteiger partial charge in [-0.05, 0) is 42.0 Å². The minimum absolute atomic E-state index is 0.0303. The number of furan rings is 1. The Morgan fingerprint density at radius 3 is 2.06 bits per heavy atom. The molecule has 2 aromatic heterocycles. The number of hydrogen-bond acceptors (Lipinski definition) is 3. The lowest BCUT2D eigenvalue weighted by Gasteiger charge is -2.19. The summed E-state index contributed by atoms with van der Waals surface area (Å²) in [6.07, 6.45) is 0. The summed E-state index contributed by atoms with van der Waals surface area (Å²) in [4.78, 5) is 26.5. The molecule has 5 nitrogen and oxygen atoms in total. The van der Waals surface area contributed by atoms with Crippen molar-refractivity contribution in [2.45, 2.75) is 12.6 Å². The Kier molecular flexibility index (Phi) is 5.15. The molecule has 35 heavy (non-hydrogen) atoms. The van der Waals surface area contributed by atoms with Crippen molar-refractivity contribution < 1.29 is 9.21 Å². The first-order valence-electron chi connectivity index (χ1n) is 11.5. The Bertz CT molecular complexity index is 1660. The van der Waals surface area contributed by atoms with E-state index in [9.17, 15) is 9.59 Å². The second-order valence-corrected chi connectivity index (χ2v) is 8.55. The fourth-order valence-electron chi connectivity index (χ4n) is 4.71. The standard InChI is InChI=1S/C30H22N2O3/c33-28(19-32-24-15-7-5-13-22(24)30(34)23-14-6-8-16-25(23)32)31-29(20-10-2-1-3-11-20)27-18-21-12-4-9-17-26(21)35-27/h1-18,29H,19H2,(H,31,33)/t29-/m0/s1. The molecule has 6 rings (SSSR count). The van der Waals surface area contributed by atoms with Crippen LogP contribution in [0.3, 0.4) is 0 Å². The zero-order valence-corrected chi connectivity index (χ0v) is 18.8. The first kappa shape index (κ1) is 20.9. The third kappa shape index (κ3) is 3.77. The summed E-state index contributed by atoms with van der Waals surface area (Å²) in [5, 5.41) is 5.34. The van der Waals surface area contributed by atoms with Crippen molar-refractivity contribution in [3.63, 3.8) is 0 Å². The summed E-state index contributed by atoms with van der Waals surface area (Å²) >= 11 is 0. The Labute approximate surface area is 201 Å². The van der Waals surface area contributed by atoms with Crippen molar-refractivity contribution in [2.75, 3.05) is 0 Å². The van der Waals surface area contributed by atoms with Gasteiger partial charge in [-0.2, -0.15) is 0 Å². The number of carbonyl (C=O) groups is 1. The SMILES string of the molecule is O=C(Cn1c2ccccc2c(=O)c2ccccc21)N[C@@H](c1ccccc1)c1cc2ccccc2o1. The van der Waals surface area contributed by atoms with E-state index in [-0.39, 0.29) is 17.9 Å². The molecule has 1 N–H and O–H groups in total. The molecule has 0 aliphatic carbocycles. The highest BCUT2D eigenvalue weighted by atomic mass is 16.3. The number of pyridine rings is 1. The van der Waals surface area contributed by atoms with Crippen LogP contribution in [0.1, 0.15) is 17.4 Å². The molecule has 5 heteroatoms. The molecule has 4 aromatic carbocycles. The molecule has 170 valence electrons. The summed E-state index contributed by atoms with van der Waals surface area (Å²) in [6.45, 7) is 0.0604. The first-order chi connectivity index (χ1) is 17.2. The van der Waals surface area contributed by atoms with Crippen molar-refractivity contribution in [3.8, 4) is 0 Å². The number of nitrogens with one attached hydrogen (secondary N) is 1. The summed E-state index contributed by atoms with van der Waals surface area (Å²) in [6, 6.07) is 33.9. The Morgan fingerprint density at radius 1 is 0.771 bits per heavy atom. The molecule has 0 unspecified atom stereocenters. The number of aromatic nitrogens is 1. The average Bonchev–Trinajstić information content (AvgIpc) is 3.34. The highest BCUT2D eigenvalue weighted by Gasteiger charge is 2.22. The quantitative estimate of drug-likeness (QED) is 0.332. The van der Waals surface area contributed by atoms with Gasteiger partial charge in [-0.15, -0.1) is 0 Å². The molecular formula is C30H22N2O3. The molecule has 0 aliphatic heterocycles. The van der Waals surface area contributed by atoms with Gasteiger partial charge in [-0.3, -0.25) is 9.59 Å². The van der Waals surface area contributed by atoms with Crippen LogP contribution in [0.2, 0.25) is 0 Å². The van der Waals surface area contributed by atoms with E-state index in [0.29, 0.717) is 16.5 Å². The fraction of sp³-hybridized carbons (Fsp3) is 0.0667. The van der Waals surface area contributed by atoms with Gasteiger partial charge in [0.05, 0.1) is 11.0 Å². The van der Waals surface area contributed by atoms with Gasteiger partial charge in [0.25, 0.3) is 0 Å². The number of carbonyl (C=O) groups excluding carboxylic acids is 1. The zero-order valence-electron chi connectivity index (χ0n) is 18.8. The number of para-hydroxylation sites is 3. The van der Waals surface area contributed by atoms with Gasteiger partial charge in [0, 0.05) is 16.2 Å². The molecule has 0 saturated carbocycles. The average molecular weight is 459 g/mol. The number of fused-ring (bicyclic) bond motifs is 3. The predicted octanol–water partition coefficient (Wildman–Crippen LogP) is 5.81. The Hall–Kier alpha value is -4.64. The summed E-state index contributed by atoms with van der Waals surface area (Å²) < 4.78 is 8.03. The van der Waals surface area contributed by atoms with E-state index in [2.05, 4.69) is 5.32 Å². The molecule has 0 aliphatic rings. The molecule has 2 heterocycles. The molecule has 1 atom stereocenters. The second kappa shape index (κ2) is 8.61. The summed E-state index contributed by atoms with van der Waals surface area (Å²) in [5.74, 6) is 0.485. The number of benzene rings is 4. The summed E-state index contributed by atoms with van der Waals surface area (Å²) in [7, 11) is 0. The highest BCUT2D eigenvalue weighted by Crippen LogP contribution is 2.28. The Balaban J connectivity index is 1.42. The lowest BCUT2D eigenvalue weighted by atomic mass is 10.0. The van der Waals surface area contributed by atoms with Gasteiger partial charge in [-0.1, -0.05) is 72.8 Å². The zero-order chi connectivity index (χ0) is 23.8. The van der Waals surface area contributed by atoms with Crippen molar-refractivity contribution in [1.29, 1.82) is 0 Å². The van der Waals surface area contributed by atoms with Gasteiger partial charge in [-0.25, -0.2) is 0 Å². The van der Waals surface area contributed by atoms with E-state index in [0.717, 1.165) is 27.6 Å². The van der Waals surface area contributed by atoms with Crippen molar-refractivity contribution >= 4 is 38.7 Å². The topological polar surface area (TPSA) is 64.2 Å². The maximum Gasteiger partial charge on any atom is 0.240 e. The molecule has 6 aromatic rings. The molecule has 0 radical (unpaired) electrons. The molecule has 0 bridgehead atoms. The van der Waals surface area contributed by atoms with Crippen molar-refractivity contribution in [1.82, 2.24) is 9.88 Å². The van der Waals surface area contributed by atoms with Gasteiger partial charge in [0.1, 0.15) is 23.9 Å². The number of hydrogen-bond donors (Lipinski definition) is 1. The molecule has 0 spiro atoms. The monoisotopic (exact) mass is 458 g/mol. The minimum atomic E-state index is -0.451. The maximum atomic E-state index is 13.5. The van der Waals surface area contributed by atoms with Crippen LogP contribution >= 0.6 is 0 Å². The molecule has 0 saturated heterocycles.